The van der Waals surface area contributed by atoms with E-state index in [1.165, 1.54) is 38.3 Å². The van der Waals surface area contributed by atoms with Gasteiger partial charge in [-0.3, -0.25) is 4.79 Å². The summed E-state index contributed by atoms with van der Waals surface area (Å²) in [6.07, 6.45) is 3.02. The van der Waals surface area contributed by atoms with E-state index >= 15 is 0 Å². The van der Waals surface area contributed by atoms with Gasteiger partial charge in [-0.15, -0.1) is 0 Å². The van der Waals surface area contributed by atoms with Crippen LogP contribution >= 0.6 is 15.9 Å². The first-order valence-electron chi connectivity index (χ1n) is 6.88. The second kappa shape index (κ2) is 7.63. The van der Waals surface area contributed by atoms with E-state index in [2.05, 4.69) is 15.9 Å². The standard InChI is InChI=1S/C17H15BrO5S/c1-12(19)3-4-13-5-10-16(17(11-13)22-2)23-24(20,21)15-8-6-14(18)7-9-15/h3-11H,1-2H3/b4-3+. The van der Waals surface area contributed by atoms with Crippen molar-refractivity contribution in [3.8, 4) is 11.5 Å². The maximum absolute atomic E-state index is 12.3. The average molecular weight is 411 g/mol. The largest absolute Gasteiger partial charge is 0.493 e. The zero-order chi connectivity index (χ0) is 17.7. The first kappa shape index (κ1) is 18.2. The van der Waals surface area contributed by atoms with Gasteiger partial charge in [0.2, 0.25) is 0 Å². The Bertz CT molecular complexity index is 870. The number of carbonyl (C=O) groups excluding carboxylic acids is 1. The quantitative estimate of drug-likeness (QED) is 0.534. The van der Waals surface area contributed by atoms with Crippen LogP contribution in [0.1, 0.15) is 12.5 Å². The zero-order valence-corrected chi connectivity index (χ0v) is 15.4. The molecule has 0 bridgehead atoms. The van der Waals surface area contributed by atoms with Crippen molar-refractivity contribution in [3.63, 3.8) is 0 Å². The predicted octanol–water partition coefficient (Wildman–Crippen LogP) is 3.83. The Morgan fingerprint density at radius 1 is 1.08 bits per heavy atom. The SMILES string of the molecule is COc1cc(/C=C/C(C)=O)ccc1OS(=O)(=O)c1ccc(Br)cc1. The molecule has 0 aromatic heterocycles. The van der Waals surface area contributed by atoms with Crippen LogP contribution in [-0.2, 0) is 14.9 Å². The maximum Gasteiger partial charge on any atom is 0.339 e. The van der Waals surface area contributed by atoms with Crippen molar-refractivity contribution in [1.29, 1.82) is 0 Å². The highest BCUT2D eigenvalue weighted by Crippen LogP contribution is 2.31. The number of carbonyl (C=O) groups is 1. The number of methoxy groups -OCH3 is 1. The molecule has 0 N–H and O–H groups in total. The van der Waals surface area contributed by atoms with Gasteiger partial charge >= 0.3 is 10.1 Å². The fourth-order valence-corrected chi connectivity index (χ4v) is 3.04. The van der Waals surface area contributed by atoms with E-state index in [-0.39, 0.29) is 22.2 Å². The fourth-order valence-electron chi connectivity index (χ4n) is 1.84. The third-order valence-electron chi connectivity index (χ3n) is 3.00. The van der Waals surface area contributed by atoms with Crippen LogP contribution in [0.4, 0.5) is 0 Å². The minimum absolute atomic E-state index is 0.0355. The van der Waals surface area contributed by atoms with E-state index in [1.54, 1.807) is 30.3 Å². The molecule has 2 rings (SSSR count). The Labute approximate surface area is 149 Å². The molecule has 0 spiro atoms. The number of benzene rings is 2. The van der Waals surface area contributed by atoms with E-state index in [9.17, 15) is 13.2 Å². The monoisotopic (exact) mass is 410 g/mol. The summed E-state index contributed by atoms with van der Waals surface area (Å²) in [6.45, 7) is 1.44. The van der Waals surface area contributed by atoms with Gasteiger partial charge in [-0.1, -0.05) is 28.1 Å². The predicted molar refractivity (Wildman–Crippen MR) is 94.7 cm³/mol. The molecule has 0 atom stereocenters. The number of halogens is 1. The molecule has 0 aliphatic rings. The Morgan fingerprint density at radius 2 is 1.75 bits per heavy atom. The maximum atomic E-state index is 12.3. The number of ketones is 1. The van der Waals surface area contributed by atoms with Crippen LogP contribution in [0, 0.1) is 0 Å². The number of hydrogen-bond acceptors (Lipinski definition) is 5. The van der Waals surface area contributed by atoms with Crippen molar-refractivity contribution in [3.05, 3.63) is 58.6 Å². The lowest BCUT2D eigenvalue weighted by molar-refractivity contribution is -0.112. The smallest absolute Gasteiger partial charge is 0.339 e. The summed E-state index contributed by atoms with van der Waals surface area (Å²) in [5, 5.41) is 0. The Hall–Kier alpha value is -2.12. The van der Waals surface area contributed by atoms with Gasteiger partial charge < -0.3 is 8.92 Å². The summed E-state index contributed by atoms with van der Waals surface area (Å²) >= 11 is 3.25. The summed E-state index contributed by atoms with van der Waals surface area (Å²) in [6, 6.07) is 10.8. The molecule has 24 heavy (non-hydrogen) atoms. The molecule has 0 saturated carbocycles. The van der Waals surface area contributed by atoms with E-state index in [4.69, 9.17) is 8.92 Å². The highest BCUT2D eigenvalue weighted by Gasteiger charge is 2.19. The van der Waals surface area contributed by atoms with Gasteiger partial charge in [0.25, 0.3) is 0 Å². The lowest BCUT2D eigenvalue weighted by Gasteiger charge is -2.11. The second-order valence-corrected chi connectivity index (χ2v) is 7.31. The lowest BCUT2D eigenvalue weighted by Crippen LogP contribution is -2.10. The molecule has 0 amide bonds. The molecule has 2 aromatic rings. The van der Waals surface area contributed by atoms with Crippen molar-refractivity contribution in [1.82, 2.24) is 0 Å². The molecular weight excluding hydrogens is 396 g/mol. The van der Waals surface area contributed by atoms with Crippen molar-refractivity contribution in [2.45, 2.75) is 11.8 Å². The van der Waals surface area contributed by atoms with Gasteiger partial charge in [0, 0.05) is 4.47 Å². The summed E-state index contributed by atoms with van der Waals surface area (Å²) in [5.41, 5.74) is 0.690. The molecule has 0 heterocycles. The van der Waals surface area contributed by atoms with Crippen LogP contribution in [0.3, 0.4) is 0 Å². The molecule has 7 heteroatoms. The highest BCUT2D eigenvalue weighted by atomic mass is 79.9. The minimum atomic E-state index is -3.97. The fraction of sp³-hybridized carbons (Fsp3) is 0.118. The van der Waals surface area contributed by atoms with Gasteiger partial charge in [0.15, 0.2) is 17.3 Å². The van der Waals surface area contributed by atoms with Crippen LogP contribution in [-0.4, -0.2) is 21.3 Å². The van der Waals surface area contributed by atoms with Crippen molar-refractivity contribution >= 4 is 37.9 Å². The number of rotatable bonds is 6. The van der Waals surface area contributed by atoms with Crippen LogP contribution < -0.4 is 8.92 Å². The van der Waals surface area contributed by atoms with Gasteiger partial charge in [0.1, 0.15) is 4.90 Å². The van der Waals surface area contributed by atoms with Crippen LogP contribution in [0.25, 0.3) is 6.08 Å². The third-order valence-corrected chi connectivity index (χ3v) is 4.78. The van der Waals surface area contributed by atoms with Gasteiger partial charge in [-0.25, -0.2) is 0 Å². The van der Waals surface area contributed by atoms with E-state index in [0.29, 0.717) is 5.56 Å². The van der Waals surface area contributed by atoms with Crippen LogP contribution in [0.5, 0.6) is 11.5 Å². The molecule has 0 radical (unpaired) electrons. The minimum Gasteiger partial charge on any atom is -0.493 e. The highest BCUT2D eigenvalue weighted by molar-refractivity contribution is 9.10. The molecule has 5 nitrogen and oxygen atoms in total. The lowest BCUT2D eigenvalue weighted by atomic mass is 10.2. The number of ether oxygens (including phenoxy) is 1. The van der Waals surface area contributed by atoms with E-state index in [1.807, 2.05) is 0 Å². The number of allylic oxidation sites excluding steroid dienone is 1. The zero-order valence-electron chi connectivity index (χ0n) is 13.0. The second-order valence-electron chi connectivity index (χ2n) is 4.85. The summed E-state index contributed by atoms with van der Waals surface area (Å²) in [7, 11) is -2.56. The molecular formula is C17H15BrO5S. The Morgan fingerprint density at radius 3 is 2.33 bits per heavy atom. The molecule has 2 aromatic carbocycles. The van der Waals surface area contributed by atoms with Crippen molar-refractivity contribution in [2.75, 3.05) is 7.11 Å². The van der Waals surface area contributed by atoms with Gasteiger partial charge in [0.05, 0.1) is 7.11 Å². The van der Waals surface area contributed by atoms with E-state index in [0.717, 1.165) is 4.47 Å². The van der Waals surface area contributed by atoms with Crippen molar-refractivity contribution in [2.24, 2.45) is 0 Å². The molecule has 0 fully saturated rings. The molecule has 0 unspecified atom stereocenters. The summed E-state index contributed by atoms with van der Waals surface area (Å²) < 4.78 is 35.8. The molecule has 0 saturated heterocycles. The van der Waals surface area contributed by atoms with Gasteiger partial charge in [-0.2, -0.15) is 8.42 Å². The average Bonchev–Trinajstić information content (AvgIpc) is 2.54. The topological polar surface area (TPSA) is 69.7 Å². The normalized spacial score (nSPS) is 11.5. The Balaban J connectivity index is 2.31. The number of hydrogen-bond donors (Lipinski definition) is 0. The van der Waals surface area contributed by atoms with E-state index < -0.39 is 10.1 Å². The third kappa shape index (κ3) is 4.69. The van der Waals surface area contributed by atoms with Crippen LogP contribution in [0.15, 0.2) is 57.9 Å². The Kier molecular flexibility index (Phi) is 5.80. The first-order chi connectivity index (χ1) is 11.3. The first-order valence-corrected chi connectivity index (χ1v) is 9.09. The molecule has 126 valence electrons. The molecule has 0 aliphatic carbocycles. The van der Waals surface area contributed by atoms with Crippen LogP contribution in [0.2, 0.25) is 0 Å². The molecule has 0 aliphatic heterocycles. The summed E-state index contributed by atoms with van der Waals surface area (Å²) in [4.78, 5) is 11.0. The van der Waals surface area contributed by atoms with Crippen molar-refractivity contribution < 1.29 is 22.1 Å². The summed E-state index contributed by atoms with van der Waals surface area (Å²) in [5.74, 6) is 0.230. The van der Waals surface area contributed by atoms with Gasteiger partial charge in [-0.05, 0) is 55.0 Å².